The van der Waals surface area contributed by atoms with Crippen molar-refractivity contribution in [2.24, 2.45) is 57.1 Å². The van der Waals surface area contributed by atoms with Gasteiger partial charge in [0.05, 0.1) is 43.0 Å². The second-order valence-electron chi connectivity index (χ2n) is 27.2. The molecule has 0 aromatic heterocycles. The summed E-state index contributed by atoms with van der Waals surface area (Å²) in [6.45, 7) is 5.42. The highest BCUT2D eigenvalue weighted by Crippen LogP contribution is 2.65. The summed E-state index contributed by atoms with van der Waals surface area (Å²) in [5.74, 6) is 16.3. The van der Waals surface area contributed by atoms with Crippen LogP contribution in [0.1, 0.15) is 156 Å². The highest BCUT2D eigenvalue weighted by atomic mass is 33.1. The SMILES string of the molecule is CO[C@H](CO)[C@@H]1CC[C@@H]2C#C[C@@H]3NC(N)=N[C@@H](C(C)C)CSSC[C@H]3[C@@H]3Cc4c5cc(c(c4O[C@@H]3O)OCN[C@@]23C[C@]2(CC[C@@H]3C1)CC[C@@]1(CC[C@@H](NCC(C)=O)c3cc(O)ccc3C1)C2)CC#Cc1c(ccc(O)c1OCO)CCC(=O)C[C@H](O)CC5. The van der Waals surface area contributed by atoms with Crippen molar-refractivity contribution >= 4 is 39.1 Å². The molecule has 12 rings (SSSR count). The average molecular weight is 1250 g/mol. The minimum absolute atomic E-state index is 0.00840. The van der Waals surface area contributed by atoms with Gasteiger partial charge in [-0.05, 0) is 179 Å². The van der Waals surface area contributed by atoms with Crippen molar-refractivity contribution in [3.63, 3.8) is 0 Å². The van der Waals surface area contributed by atoms with E-state index in [-0.39, 0.29) is 139 Å². The first-order valence-electron chi connectivity index (χ1n) is 32.1. The molecule has 3 saturated carbocycles. The Balaban J connectivity index is 1.06. The van der Waals surface area contributed by atoms with E-state index in [9.17, 15) is 40.2 Å². The van der Waals surface area contributed by atoms with Crippen LogP contribution in [0.4, 0.5) is 0 Å². The van der Waals surface area contributed by atoms with Crippen LogP contribution in [0.25, 0.3) is 0 Å². The highest BCUT2D eigenvalue weighted by Gasteiger charge is 2.60. The Labute approximate surface area is 526 Å². The van der Waals surface area contributed by atoms with E-state index >= 15 is 0 Å². The number of fused-ring (bicyclic) bond motifs is 7. The molecule has 4 heterocycles. The predicted octanol–water partition coefficient (Wildman–Crippen LogP) is 7.72. The van der Waals surface area contributed by atoms with Gasteiger partial charge in [-0.1, -0.05) is 77.3 Å². The summed E-state index contributed by atoms with van der Waals surface area (Å²) < 4.78 is 25.9. The van der Waals surface area contributed by atoms with Gasteiger partial charge in [0.25, 0.3) is 0 Å². The number of nitrogens with zero attached hydrogens (tertiary/aromatic N) is 1. The first-order chi connectivity index (χ1) is 42.4. The molecule has 0 amide bonds. The number of methoxy groups -OCH3 is 1. The molecule has 0 unspecified atom stereocenters. The van der Waals surface area contributed by atoms with Crippen molar-refractivity contribution in [1.29, 1.82) is 0 Å². The summed E-state index contributed by atoms with van der Waals surface area (Å²) in [6, 6.07) is 10.3. The molecule has 5 aliphatic carbocycles. The molecule has 6 bridgehead atoms. The topological polar surface area (TPSA) is 267 Å². The lowest BCUT2D eigenvalue weighted by Gasteiger charge is -2.54. The summed E-state index contributed by atoms with van der Waals surface area (Å²) in [7, 11) is 5.20. The Hall–Kier alpha value is -5.19. The molecule has 17 nitrogen and oxygen atoms in total. The van der Waals surface area contributed by atoms with Crippen LogP contribution in [-0.4, -0.2) is 130 Å². The monoisotopic (exact) mass is 1250 g/mol. The Bertz CT molecular complexity index is 3210. The standard InChI is InChI=1S/C69H91N5O12S2/c1-40(2)59-35-88-87-34-56-55-30-54-43-10-16-50(79)28-49(78)15-9-42-12-19-60(81)63(85-39-76)52(42)7-5-6-45(26-43)62(64(54)86-65(55)82)84-38-72-69-37-68(25-24-67(36-68)23-21-57(71-32-41(3)77)53-29-51(80)17-11-46(53)31-67)22-20-48(69)27-44(61(33-75)83-4)8-13-47(69)14-18-58(56)73-66(70)74-59/h11-12,17,19,26,29,40,44,47-48,50,55-59,61,65,71-72,75-76,79-82H,6,8-10,13,15-16,20-25,27-28,30-39H2,1-4H3,(H3,70,73,74)/t44-,47-,48-,50-,55+,56+,57-,58+,59-,61-,65+,67-,68-,69+/m1/s1. The number of ether oxygens (including phenoxy) is 4. The van der Waals surface area contributed by atoms with Gasteiger partial charge in [-0.15, -0.1) is 0 Å². The second-order valence-corrected chi connectivity index (χ2v) is 29.8. The molecule has 3 aromatic rings. The van der Waals surface area contributed by atoms with Crippen LogP contribution in [0.15, 0.2) is 41.4 Å². The van der Waals surface area contributed by atoms with Gasteiger partial charge in [0, 0.05) is 78.3 Å². The van der Waals surface area contributed by atoms with E-state index in [0.29, 0.717) is 52.7 Å². The maximum absolute atomic E-state index is 13.6. The third-order valence-electron chi connectivity index (χ3n) is 21.4. The van der Waals surface area contributed by atoms with Gasteiger partial charge in [0.15, 0.2) is 35.8 Å². The van der Waals surface area contributed by atoms with Gasteiger partial charge in [0.2, 0.25) is 6.29 Å². The lowest BCUT2D eigenvalue weighted by Crippen LogP contribution is -2.62. The number of phenols is 2. The maximum atomic E-state index is 13.6. The number of aliphatic imine (C=N–C) groups is 1. The van der Waals surface area contributed by atoms with Gasteiger partial charge >= 0.3 is 0 Å². The number of aromatic hydroxyl groups is 2. The average Bonchev–Trinajstić information content (AvgIpc) is 1.49. The number of hydrogen-bond donors (Lipinski definition) is 10. The van der Waals surface area contributed by atoms with Crippen molar-refractivity contribution < 1.29 is 59.2 Å². The molecule has 3 fully saturated rings. The number of nitrogens with one attached hydrogen (secondary N) is 3. The number of aliphatic hydroxyl groups is 4. The zero-order valence-corrected chi connectivity index (χ0v) is 53.2. The maximum Gasteiger partial charge on any atom is 0.201 e. The quantitative estimate of drug-likeness (QED) is 0.0558. The fourth-order valence-corrected chi connectivity index (χ4v) is 19.6. The first-order valence-corrected chi connectivity index (χ1v) is 34.6. The molecule has 9 aliphatic rings. The van der Waals surface area contributed by atoms with Crippen LogP contribution in [0.2, 0.25) is 0 Å². The molecule has 0 radical (unpaired) electrons. The van der Waals surface area contributed by atoms with Gasteiger partial charge in [-0.3, -0.25) is 14.9 Å². The van der Waals surface area contributed by atoms with Crippen molar-refractivity contribution in [2.75, 3.05) is 45.3 Å². The van der Waals surface area contributed by atoms with Crippen LogP contribution in [-0.2, 0) is 46.4 Å². The number of ketones is 2. The number of rotatable bonds is 9. The molecule has 11 N–H and O–H groups in total. The Morgan fingerprint density at radius 2 is 1.70 bits per heavy atom. The molecular formula is C69H91N5O12S2. The number of carbonyl (C=O) groups excluding carboxylic acids is 2. The lowest BCUT2D eigenvalue weighted by atomic mass is 9.55. The van der Waals surface area contributed by atoms with Crippen LogP contribution in [0.3, 0.4) is 0 Å². The molecule has 0 saturated heterocycles. The molecule has 476 valence electrons. The zero-order chi connectivity index (χ0) is 61.9. The van der Waals surface area contributed by atoms with Gasteiger partial charge in [0.1, 0.15) is 24.0 Å². The third kappa shape index (κ3) is 13.8. The number of phenolic OH excluding ortho intramolecular Hbond substituents is 2. The number of nitrogens with two attached hydrogens (primary N) is 1. The minimum atomic E-state index is -1.30. The van der Waals surface area contributed by atoms with Crippen molar-refractivity contribution in [2.45, 2.75) is 185 Å². The smallest absolute Gasteiger partial charge is 0.201 e. The van der Waals surface area contributed by atoms with Gasteiger partial charge in [-0.2, -0.15) is 0 Å². The number of guanidine groups is 1. The van der Waals surface area contributed by atoms with Crippen molar-refractivity contribution in [1.82, 2.24) is 16.0 Å². The van der Waals surface area contributed by atoms with E-state index in [1.807, 2.05) is 6.07 Å². The molecule has 14 atom stereocenters. The summed E-state index contributed by atoms with van der Waals surface area (Å²) >= 11 is 0. The van der Waals surface area contributed by atoms with Crippen LogP contribution in [0.5, 0.6) is 28.7 Å². The van der Waals surface area contributed by atoms with Crippen molar-refractivity contribution in [3.05, 3.63) is 75.3 Å². The number of aryl methyl sites for hydroxylation is 2. The summed E-state index contributed by atoms with van der Waals surface area (Å²) in [5, 5.41) is 78.5. The predicted molar refractivity (Wildman–Crippen MR) is 341 cm³/mol. The molecule has 4 aliphatic heterocycles. The molecular weight excluding hydrogens is 1150 g/mol. The van der Waals surface area contributed by atoms with Crippen molar-refractivity contribution in [3.8, 4) is 52.4 Å². The number of hydrogen-bond acceptors (Lipinski definition) is 19. The minimum Gasteiger partial charge on any atom is -0.508 e. The fraction of sp³-hybridized carbons (Fsp3) is 0.638. The van der Waals surface area contributed by atoms with E-state index < -0.39 is 36.7 Å². The number of Topliss-reactive ketones (excluding diaryl/α,β-unsaturated/α-hetero) is 2. The summed E-state index contributed by atoms with van der Waals surface area (Å²) in [4.78, 5) is 31.0. The first kappa shape index (κ1) is 64.3. The number of aliphatic hydroxyl groups excluding tert-OH is 4. The van der Waals surface area contributed by atoms with Gasteiger partial charge in [-0.25, -0.2) is 4.99 Å². The zero-order valence-electron chi connectivity index (χ0n) is 51.5. The molecule has 88 heavy (non-hydrogen) atoms. The molecule has 3 aromatic carbocycles. The van der Waals surface area contributed by atoms with Crippen LogP contribution in [0, 0.1) is 70.0 Å². The van der Waals surface area contributed by atoms with Crippen LogP contribution < -0.4 is 35.9 Å². The van der Waals surface area contributed by atoms with E-state index in [0.717, 1.165) is 99.5 Å². The third-order valence-corrected chi connectivity index (χ3v) is 23.8. The second kappa shape index (κ2) is 27.7. The number of benzene rings is 3. The van der Waals surface area contributed by atoms with E-state index in [2.05, 4.69) is 65.6 Å². The fourth-order valence-electron chi connectivity index (χ4n) is 16.8. The normalized spacial score (nSPS) is 32.8. The lowest BCUT2D eigenvalue weighted by molar-refractivity contribution is -0.121. The number of carbonyl (C=O) groups is 2. The van der Waals surface area contributed by atoms with Gasteiger partial charge < -0.3 is 66.0 Å². The molecule has 3 spiro atoms. The van der Waals surface area contributed by atoms with E-state index in [4.69, 9.17) is 29.7 Å². The Kier molecular flexibility index (Phi) is 20.3. The Morgan fingerprint density at radius 1 is 0.898 bits per heavy atom. The molecule has 19 heteroatoms. The summed E-state index contributed by atoms with van der Waals surface area (Å²) in [6.07, 6.45) is 9.75. The van der Waals surface area contributed by atoms with Crippen LogP contribution >= 0.6 is 21.6 Å². The largest absolute Gasteiger partial charge is 0.508 e. The van der Waals surface area contributed by atoms with E-state index in [1.165, 1.54) is 11.6 Å². The highest BCUT2D eigenvalue weighted by molar-refractivity contribution is 8.76. The summed E-state index contributed by atoms with van der Waals surface area (Å²) in [5.41, 5.74) is 12.0. The van der Waals surface area contributed by atoms with E-state index in [1.54, 1.807) is 47.8 Å². The Morgan fingerprint density at radius 3 is 2.50 bits per heavy atom.